The van der Waals surface area contributed by atoms with Gasteiger partial charge in [-0.05, 0) is 12.8 Å². The summed E-state index contributed by atoms with van der Waals surface area (Å²) in [6, 6.07) is 2.01. The second kappa shape index (κ2) is 5.51. The Labute approximate surface area is 79.6 Å². The molecule has 1 aromatic rings. The van der Waals surface area contributed by atoms with E-state index in [0.29, 0.717) is 0 Å². The molecular weight excluding hydrogens is 162 g/mol. The highest BCUT2D eigenvalue weighted by molar-refractivity contribution is 5.34. The third-order valence-corrected chi connectivity index (χ3v) is 1.92. The first-order valence-corrected chi connectivity index (χ1v) is 4.91. The van der Waals surface area contributed by atoms with Crippen LogP contribution < -0.4 is 5.32 Å². The maximum absolute atomic E-state index is 4.14. The number of anilines is 1. The molecule has 1 heterocycles. The van der Waals surface area contributed by atoms with Gasteiger partial charge in [0.05, 0.1) is 0 Å². The smallest absolute Gasteiger partial charge is 0.129 e. The van der Waals surface area contributed by atoms with E-state index in [1.807, 2.05) is 6.07 Å². The van der Waals surface area contributed by atoms with Crippen molar-refractivity contribution in [1.82, 2.24) is 9.97 Å². The lowest BCUT2D eigenvalue weighted by atomic mass is 10.3. The molecule has 0 atom stereocenters. The van der Waals surface area contributed by atoms with Crippen LogP contribution in [0, 0.1) is 0 Å². The second-order valence-corrected chi connectivity index (χ2v) is 3.03. The molecule has 0 radical (unpaired) electrons. The Morgan fingerprint density at radius 2 is 2.15 bits per heavy atom. The minimum Gasteiger partial charge on any atom is -0.370 e. The first-order chi connectivity index (χ1) is 6.36. The van der Waals surface area contributed by atoms with Gasteiger partial charge in [-0.3, -0.25) is 0 Å². The van der Waals surface area contributed by atoms with Crippen molar-refractivity contribution in [1.29, 1.82) is 0 Å². The molecule has 13 heavy (non-hydrogen) atoms. The van der Waals surface area contributed by atoms with Crippen LogP contribution in [0.5, 0.6) is 0 Å². The number of unbranched alkanes of at least 4 members (excludes halogenated alkanes) is 1. The van der Waals surface area contributed by atoms with Gasteiger partial charge >= 0.3 is 0 Å². The minimum absolute atomic E-state index is 0.945. The van der Waals surface area contributed by atoms with Crippen LogP contribution in [0.15, 0.2) is 12.4 Å². The van der Waals surface area contributed by atoms with Gasteiger partial charge in [-0.2, -0.15) is 0 Å². The molecule has 0 unspecified atom stereocenters. The third-order valence-electron chi connectivity index (χ3n) is 1.92. The highest BCUT2D eigenvalue weighted by Crippen LogP contribution is 2.04. The maximum atomic E-state index is 4.14. The first-order valence-electron chi connectivity index (χ1n) is 4.91. The number of aromatic nitrogens is 2. The van der Waals surface area contributed by atoms with Crippen LogP contribution in [-0.2, 0) is 6.42 Å². The Morgan fingerprint density at radius 3 is 2.85 bits per heavy atom. The Bertz CT molecular complexity index is 248. The van der Waals surface area contributed by atoms with Gasteiger partial charge in [0.15, 0.2) is 0 Å². The number of hydrogen-bond acceptors (Lipinski definition) is 3. The molecule has 0 spiro atoms. The number of nitrogens with one attached hydrogen (secondary N) is 1. The molecule has 0 aliphatic heterocycles. The van der Waals surface area contributed by atoms with Gasteiger partial charge in [0.2, 0.25) is 0 Å². The maximum Gasteiger partial charge on any atom is 0.129 e. The summed E-state index contributed by atoms with van der Waals surface area (Å²) >= 11 is 0. The molecule has 1 N–H and O–H groups in total. The van der Waals surface area contributed by atoms with Crippen molar-refractivity contribution in [3.05, 3.63) is 18.1 Å². The summed E-state index contributed by atoms with van der Waals surface area (Å²) in [5.41, 5.74) is 1.09. The monoisotopic (exact) mass is 179 g/mol. The Morgan fingerprint density at radius 1 is 1.31 bits per heavy atom. The van der Waals surface area contributed by atoms with E-state index in [1.54, 1.807) is 6.33 Å². The lowest BCUT2D eigenvalue weighted by Crippen LogP contribution is -2.03. The first kappa shape index (κ1) is 9.96. The van der Waals surface area contributed by atoms with Crippen LogP contribution in [0.2, 0.25) is 0 Å². The van der Waals surface area contributed by atoms with E-state index in [0.717, 1.165) is 24.5 Å². The third kappa shape index (κ3) is 3.40. The highest BCUT2D eigenvalue weighted by atomic mass is 15.0. The predicted molar refractivity (Wildman–Crippen MR) is 54.8 cm³/mol. The molecule has 1 aromatic heterocycles. The predicted octanol–water partition coefficient (Wildman–Crippen LogP) is 2.25. The van der Waals surface area contributed by atoms with Gasteiger partial charge in [0, 0.05) is 18.3 Å². The fraction of sp³-hybridized carbons (Fsp3) is 0.600. The molecule has 0 aromatic carbocycles. The zero-order valence-corrected chi connectivity index (χ0v) is 8.38. The van der Waals surface area contributed by atoms with Crippen molar-refractivity contribution in [2.45, 2.75) is 33.1 Å². The van der Waals surface area contributed by atoms with Crippen molar-refractivity contribution in [3.63, 3.8) is 0 Å². The summed E-state index contributed by atoms with van der Waals surface area (Å²) < 4.78 is 0. The number of hydrogen-bond donors (Lipinski definition) is 1. The van der Waals surface area contributed by atoms with Crippen molar-refractivity contribution >= 4 is 5.82 Å². The molecule has 1 rings (SSSR count). The van der Waals surface area contributed by atoms with Gasteiger partial charge in [-0.25, -0.2) is 9.97 Å². The summed E-state index contributed by atoms with van der Waals surface area (Å²) in [5.74, 6) is 0.945. The second-order valence-electron chi connectivity index (χ2n) is 3.03. The van der Waals surface area contributed by atoms with E-state index < -0.39 is 0 Å². The van der Waals surface area contributed by atoms with Crippen molar-refractivity contribution in [3.8, 4) is 0 Å². The van der Waals surface area contributed by atoms with Crippen LogP contribution in [0.25, 0.3) is 0 Å². The van der Waals surface area contributed by atoms with Gasteiger partial charge in [0.25, 0.3) is 0 Å². The van der Waals surface area contributed by atoms with Crippen LogP contribution >= 0.6 is 0 Å². The Kier molecular flexibility index (Phi) is 4.23. The van der Waals surface area contributed by atoms with Crippen molar-refractivity contribution in [2.75, 3.05) is 11.9 Å². The lowest BCUT2D eigenvalue weighted by molar-refractivity contribution is 0.829. The molecule has 0 aliphatic rings. The van der Waals surface area contributed by atoms with Gasteiger partial charge in [0.1, 0.15) is 12.1 Å². The summed E-state index contributed by atoms with van der Waals surface area (Å²) in [6.07, 6.45) is 4.97. The van der Waals surface area contributed by atoms with Crippen LogP contribution in [0.1, 0.15) is 32.4 Å². The van der Waals surface area contributed by atoms with E-state index in [1.165, 1.54) is 12.8 Å². The SMILES string of the molecule is CCCCNc1cc(CC)ncn1. The molecule has 0 aliphatic carbocycles. The topological polar surface area (TPSA) is 37.8 Å². The van der Waals surface area contributed by atoms with E-state index in [9.17, 15) is 0 Å². The minimum atomic E-state index is 0.945. The normalized spacial score (nSPS) is 10.0. The zero-order chi connectivity index (χ0) is 9.52. The van der Waals surface area contributed by atoms with Crippen LogP contribution in [-0.4, -0.2) is 16.5 Å². The fourth-order valence-electron chi connectivity index (χ4n) is 1.08. The molecule has 72 valence electrons. The van der Waals surface area contributed by atoms with Crippen molar-refractivity contribution in [2.24, 2.45) is 0 Å². The van der Waals surface area contributed by atoms with E-state index in [-0.39, 0.29) is 0 Å². The zero-order valence-electron chi connectivity index (χ0n) is 8.38. The van der Waals surface area contributed by atoms with Crippen LogP contribution in [0.3, 0.4) is 0 Å². The molecular formula is C10H17N3. The molecule has 0 saturated carbocycles. The number of nitrogens with zero attached hydrogens (tertiary/aromatic N) is 2. The summed E-state index contributed by atoms with van der Waals surface area (Å²) in [7, 11) is 0. The average Bonchev–Trinajstić information content (AvgIpc) is 2.19. The van der Waals surface area contributed by atoms with Gasteiger partial charge < -0.3 is 5.32 Å². The molecule has 0 amide bonds. The van der Waals surface area contributed by atoms with Crippen LogP contribution in [0.4, 0.5) is 5.82 Å². The number of aryl methyl sites for hydroxylation is 1. The standard InChI is InChI=1S/C10H17N3/c1-3-5-6-11-10-7-9(4-2)12-8-13-10/h7-8H,3-6H2,1-2H3,(H,11,12,13). The number of rotatable bonds is 5. The quantitative estimate of drug-likeness (QED) is 0.704. The Hall–Kier alpha value is -1.12. The average molecular weight is 179 g/mol. The van der Waals surface area contributed by atoms with E-state index in [2.05, 4.69) is 29.1 Å². The molecule has 0 bridgehead atoms. The van der Waals surface area contributed by atoms with Gasteiger partial charge in [-0.15, -0.1) is 0 Å². The molecule has 0 fully saturated rings. The van der Waals surface area contributed by atoms with Crippen molar-refractivity contribution < 1.29 is 0 Å². The highest BCUT2D eigenvalue weighted by Gasteiger charge is 1.94. The largest absolute Gasteiger partial charge is 0.370 e. The summed E-state index contributed by atoms with van der Waals surface area (Å²) in [4.78, 5) is 8.27. The van der Waals surface area contributed by atoms with E-state index in [4.69, 9.17) is 0 Å². The summed E-state index contributed by atoms with van der Waals surface area (Å²) in [5, 5.41) is 3.27. The molecule has 0 saturated heterocycles. The van der Waals surface area contributed by atoms with E-state index >= 15 is 0 Å². The van der Waals surface area contributed by atoms with Gasteiger partial charge in [-0.1, -0.05) is 20.3 Å². The summed E-state index contributed by atoms with van der Waals surface area (Å²) in [6.45, 7) is 5.27. The molecule has 3 heteroatoms. The molecule has 3 nitrogen and oxygen atoms in total. The Balaban J connectivity index is 2.46. The fourth-order valence-corrected chi connectivity index (χ4v) is 1.08. The lowest BCUT2D eigenvalue weighted by Gasteiger charge is -2.04.